The first-order chi connectivity index (χ1) is 9.81. The molecule has 1 N–H and O–H groups in total. The largest absolute Gasteiger partial charge is 0.468 e. The molecule has 1 saturated carbocycles. The number of nitrogens with one attached hydrogen (secondary N) is 1. The van der Waals surface area contributed by atoms with E-state index in [0.29, 0.717) is 12.6 Å². The third-order valence-electron chi connectivity index (χ3n) is 4.22. The van der Waals surface area contributed by atoms with Crippen molar-refractivity contribution in [3.63, 3.8) is 0 Å². The van der Waals surface area contributed by atoms with Crippen LogP contribution in [0.25, 0.3) is 0 Å². The van der Waals surface area contributed by atoms with Gasteiger partial charge in [-0.2, -0.15) is 0 Å². The molecule has 1 aliphatic carbocycles. The zero-order valence-electron chi connectivity index (χ0n) is 12.0. The van der Waals surface area contributed by atoms with Gasteiger partial charge in [0.15, 0.2) is 5.79 Å². The standard InChI is InChI=1S/C15H23NO4/c1-17-11-13(14-3-2-8-18-14)16-12-4-6-15(7-5-12)19-9-10-20-15/h2-3,8,12-13,16H,4-7,9-11H2,1H3/t13-/m0/s1. The highest BCUT2D eigenvalue weighted by atomic mass is 16.7. The van der Waals surface area contributed by atoms with Gasteiger partial charge in [-0.3, -0.25) is 0 Å². The third kappa shape index (κ3) is 3.06. The van der Waals surface area contributed by atoms with Crippen molar-refractivity contribution in [1.29, 1.82) is 0 Å². The maximum Gasteiger partial charge on any atom is 0.168 e. The molecule has 0 bridgehead atoms. The Morgan fingerprint density at radius 3 is 2.70 bits per heavy atom. The van der Waals surface area contributed by atoms with Gasteiger partial charge in [0.1, 0.15) is 5.76 Å². The van der Waals surface area contributed by atoms with E-state index in [-0.39, 0.29) is 11.8 Å². The second-order valence-corrected chi connectivity index (χ2v) is 5.57. The number of hydrogen-bond donors (Lipinski definition) is 1. The average molecular weight is 281 g/mol. The maximum absolute atomic E-state index is 5.76. The van der Waals surface area contributed by atoms with Crippen LogP contribution in [0.2, 0.25) is 0 Å². The van der Waals surface area contributed by atoms with Crippen LogP contribution in [0.4, 0.5) is 0 Å². The van der Waals surface area contributed by atoms with Gasteiger partial charge in [0.05, 0.1) is 32.1 Å². The molecule has 20 heavy (non-hydrogen) atoms. The van der Waals surface area contributed by atoms with E-state index in [2.05, 4.69) is 5.32 Å². The van der Waals surface area contributed by atoms with Crippen molar-refractivity contribution < 1.29 is 18.6 Å². The fourth-order valence-electron chi connectivity index (χ4n) is 3.16. The molecule has 3 rings (SSSR count). The van der Waals surface area contributed by atoms with Crippen molar-refractivity contribution in [2.75, 3.05) is 26.9 Å². The summed E-state index contributed by atoms with van der Waals surface area (Å²) in [4.78, 5) is 0. The van der Waals surface area contributed by atoms with Crippen LogP contribution in [0.1, 0.15) is 37.5 Å². The van der Waals surface area contributed by atoms with Crippen LogP contribution >= 0.6 is 0 Å². The topological polar surface area (TPSA) is 52.9 Å². The summed E-state index contributed by atoms with van der Waals surface area (Å²) in [6.07, 6.45) is 5.74. The van der Waals surface area contributed by atoms with Gasteiger partial charge in [-0.15, -0.1) is 0 Å². The molecule has 2 heterocycles. The number of furan rings is 1. The van der Waals surface area contributed by atoms with Gasteiger partial charge in [-0.05, 0) is 25.0 Å². The predicted molar refractivity (Wildman–Crippen MR) is 73.4 cm³/mol. The van der Waals surface area contributed by atoms with Crippen LogP contribution in [0.5, 0.6) is 0 Å². The Morgan fingerprint density at radius 1 is 1.35 bits per heavy atom. The first-order valence-electron chi connectivity index (χ1n) is 7.38. The van der Waals surface area contributed by atoms with Gasteiger partial charge in [0.2, 0.25) is 0 Å². The molecule has 2 fully saturated rings. The lowest BCUT2D eigenvalue weighted by Crippen LogP contribution is -2.43. The molecule has 2 aliphatic rings. The molecule has 0 radical (unpaired) electrons. The Balaban J connectivity index is 1.54. The lowest BCUT2D eigenvalue weighted by Gasteiger charge is -2.36. The van der Waals surface area contributed by atoms with Gasteiger partial charge in [0.25, 0.3) is 0 Å². The highest BCUT2D eigenvalue weighted by Crippen LogP contribution is 2.36. The van der Waals surface area contributed by atoms with Crippen LogP contribution in [0.15, 0.2) is 22.8 Å². The van der Waals surface area contributed by atoms with Gasteiger partial charge in [0, 0.05) is 26.0 Å². The molecule has 1 saturated heterocycles. The minimum Gasteiger partial charge on any atom is -0.468 e. The SMILES string of the molecule is COC[C@H](NC1CCC2(CC1)OCCO2)c1ccco1. The summed E-state index contributed by atoms with van der Waals surface area (Å²) in [7, 11) is 1.72. The zero-order chi connectivity index (χ0) is 13.8. The molecule has 5 nitrogen and oxygen atoms in total. The molecule has 1 aromatic rings. The first-order valence-corrected chi connectivity index (χ1v) is 7.38. The summed E-state index contributed by atoms with van der Waals surface area (Å²) in [6, 6.07) is 4.47. The van der Waals surface area contributed by atoms with E-state index < -0.39 is 0 Å². The van der Waals surface area contributed by atoms with E-state index in [0.717, 1.165) is 44.7 Å². The number of ether oxygens (including phenoxy) is 3. The van der Waals surface area contributed by atoms with Crippen LogP contribution in [-0.4, -0.2) is 38.8 Å². The summed E-state index contributed by atoms with van der Waals surface area (Å²) in [5.74, 6) is 0.639. The maximum atomic E-state index is 5.76. The van der Waals surface area contributed by atoms with Gasteiger partial charge < -0.3 is 23.9 Å². The van der Waals surface area contributed by atoms with Gasteiger partial charge in [-0.1, -0.05) is 0 Å². The fraction of sp³-hybridized carbons (Fsp3) is 0.733. The molecule has 0 amide bonds. The highest BCUT2D eigenvalue weighted by molar-refractivity contribution is 5.05. The van der Waals surface area contributed by atoms with Crippen molar-refractivity contribution in [3.05, 3.63) is 24.2 Å². The monoisotopic (exact) mass is 281 g/mol. The van der Waals surface area contributed by atoms with Crippen LogP contribution in [0.3, 0.4) is 0 Å². The summed E-state index contributed by atoms with van der Waals surface area (Å²) < 4.78 is 22.3. The zero-order valence-corrected chi connectivity index (χ0v) is 12.0. The minimum absolute atomic E-state index is 0.111. The van der Waals surface area contributed by atoms with E-state index in [1.54, 1.807) is 13.4 Å². The van der Waals surface area contributed by atoms with Crippen molar-refractivity contribution >= 4 is 0 Å². The van der Waals surface area contributed by atoms with Crippen LogP contribution in [-0.2, 0) is 14.2 Å². The van der Waals surface area contributed by atoms with E-state index in [9.17, 15) is 0 Å². The quantitative estimate of drug-likeness (QED) is 0.897. The Labute approximate surface area is 119 Å². The molecule has 5 heteroatoms. The van der Waals surface area contributed by atoms with E-state index in [4.69, 9.17) is 18.6 Å². The van der Waals surface area contributed by atoms with Crippen molar-refractivity contribution in [1.82, 2.24) is 5.32 Å². The molecular formula is C15H23NO4. The Kier molecular flexibility index (Phi) is 4.41. The van der Waals surface area contributed by atoms with Crippen molar-refractivity contribution in [3.8, 4) is 0 Å². The first kappa shape index (κ1) is 14.1. The van der Waals surface area contributed by atoms with Crippen molar-refractivity contribution in [2.24, 2.45) is 0 Å². The highest BCUT2D eigenvalue weighted by Gasteiger charge is 2.40. The normalized spacial score (nSPS) is 24.2. The van der Waals surface area contributed by atoms with E-state index in [1.165, 1.54) is 0 Å². The Hall–Kier alpha value is -0.880. The summed E-state index contributed by atoms with van der Waals surface area (Å²) in [5.41, 5.74) is 0. The van der Waals surface area contributed by atoms with Gasteiger partial charge >= 0.3 is 0 Å². The lowest BCUT2D eigenvalue weighted by atomic mass is 9.89. The smallest absolute Gasteiger partial charge is 0.168 e. The van der Waals surface area contributed by atoms with E-state index >= 15 is 0 Å². The Morgan fingerprint density at radius 2 is 2.10 bits per heavy atom. The molecule has 0 unspecified atom stereocenters. The van der Waals surface area contributed by atoms with Gasteiger partial charge in [-0.25, -0.2) is 0 Å². The molecule has 1 spiro atoms. The second-order valence-electron chi connectivity index (χ2n) is 5.57. The molecule has 1 atom stereocenters. The van der Waals surface area contributed by atoms with Crippen LogP contribution < -0.4 is 5.32 Å². The molecule has 112 valence electrons. The number of hydrogen-bond acceptors (Lipinski definition) is 5. The Bertz CT molecular complexity index is 390. The lowest BCUT2D eigenvalue weighted by molar-refractivity contribution is -0.180. The minimum atomic E-state index is -0.292. The summed E-state index contributed by atoms with van der Waals surface area (Å²) in [6.45, 7) is 2.08. The number of rotatable bonds is 5. The third-order valence-corrected chi connectivity index (χ3v) is 4.22. The average Bonchev–Trinajstić information content (AvgIpc) is 3.13. The molecule has 1 aliphatic heterocycles. The van der Waals surface area contributed by atoms with Crippen LogP contribution in [0, 0.1) is 0 Å². The summed E-state index contributed by atoms with van der Waals surface area (Å²) >= 11 is 0. The fourth-order valence-corrected chi connectivity index (χ4v) is 3.16. The number of methoxy groups -OCH3 is 1. The molecule has 1 aromatic heterocycles. The predicted octanol–water partition coefficient (Wildman–Crippen LogP) is 2.24. The van der Waals surface area contributed by atoms with Crippen molar-refractivity contribution in [2.45, 2.75) is 43.6 Å². The molecule has 0 aromatic carbocycles. The molecular weight excluding hydrogens is 258 g/mol. The second kappa shape index (κ2) is 6.26. The summed E-state index contributed by atoms with van der Waals surface area (Å²) in [5, 5.41) is 3.64. The van der Waals surface area contributed by atoms with E-state index in [1.807, 2.05) is 12.1 Å².